The van der Waals surface area contributed by atoms with Crippen LogP contribution in [0.4, 0.5) is 0 Å². The van der Waals surface area contributed by atoms with Gasteiger partial charge in [-0.05, 0) is 18.9 Å². The molecule has 1 atom stereocenters. The monoisotopic (exact) mass is 231 g/mol. The third kappa shape index (κ3) is 4.44. The predicted molar refractivity (Wildman–Crippen MR) is 59.1 cm³/mol. The van der Waals surface area contributed by atoms with Crippen LogP contribution in [0.2, 0.25) is 0 Å². The summed E-state index contributed by atoms with van der Waals surface area (Å²) >= 11 is 0. The first kappa shape index (κ1) is 12.2. The summed E-state index contributed by atoms with van der Waals surface area (Å²) in [6.07, 6.45) is 4.28. The van der Waals surface area contributed by atoms with Gasteiger partial charge in [0.2, 0.25) is 0 Å². The van der Waals surface area contributed by atoms with E-state index in [1.165, 1.54) is 6.26 Å². The number of hydrogen-bond acceptors (Lipinski definition) is 4. The van der Waals surface area contributed by atoms with Crippen molar-refractivity contribution in [3.05, 3.63) is 18.0 Å². The zero-order valence-electron chi connectivity index (χ0n) is 9.05. The van der Waals surface area contributed by atoms with Crippen molar-refractivity contribution in [1.29, 1.82) is 0 Å². The molecule has 0 saturated carbocycles. The fourth-order valence-corrected chi connectivity index (χ4v) is 2.04. The zero-order chi connectivity index (χ0) is 11.5. The van der Waals surface area contributed by atoms with E-state index in [2.05, 4.69) is 5.10 Å². The van der Waals surface area contributed by atoms with E-state index >= 15 is 0 Å². The third-order valence-corrected chi connectivity index (χ3v) is 3.17. The number of aromatic nitrogens is 2. The van der Waals surface area contributed by atoms with Crippen LogP contribution in [0.15, 0.2) is 12.3 Å². The quantitative estimate of drug-likeness (QED) is 0.787. The van der Waals surface area contributed by atoms with Crippen LogP contribution in [0, 0.1) is 0 Å². The second-order valence-corrected chi connectivity index (χ2v) is 6.05. The van der Waals surface area contributed by atoms with Gasteiger partial charge in [0.15, 0.2) is 0 Å². The molecule has 1 aromatic rings. The summed E-state index contributed by atoms with van der Waals surface area (Å²) in [5, 5.41) is 4.17. The van der Waals surface area contributed by atoms with E-state index in [1.807, 2.05) is 19.3 Å². The fraction of sp³-hybridized carbons (Fsp3) is 0.667. The first-order valence-electron chi connectivity index (χ1n) is 4.81. The van der Waals surface area contributed by atoms with Crippen LogP contribution in [-0.2, 0) is 16.9 Å². The van der Waals surface area contributed by atoms with Gasteiger partial charge in [0.05, 0.1) is 5.69 Å². The van der Waals surface area contributed by atoms with Gasteiger partial charge in [-0.15, -0.1) is 0 Å². The van der Waals surface area contributed by atoms with E-state index in [9.17, 15) is 8.42 Å². The number of rotatable bonds is 5. The second-order valence-electron chi connectivity index (χ2n) is 3.79. The molecule has 0 saturated heterocycles. The molecule has 0 fully saturated rings. The Bertz CT molecular complexity index is 411. The molecule has 15 heavy (non-hydrogen) atoms. The Hall–Kier alpha value is -0.880. The molecule has 86 valence electrons. The average Bonchev–Trinajstić information content (AvgIpc) is 2.49. The lowest BCUT2D eigenvalue weighted by atomic mass is 10.1. The minimum atomic E-state index is -2.88. The second kappa shape index (κ2) is 4.76. The average molecular weight is 231 g/mol. The van der Waals surface area contributed by atoms with Crippen molar-refractivity contribution in [2.45, 2.75) is 18.9 Å². The molecule has 0 aliphatic carbocycles. The standard InChI is InChI=1S/C9H17N3O2S/c1-12-6-5-9(11-12)8(10)4-3-7-15(2,13)14/h5-6,8H,3-4,7,10H2,1-2H3. The topological polar surface area (TPSA) is 78.0 Å². The van der Waals surface area contributed by atoms with Gasteiger partial charge in [-0.1, -0.05) is 0 Å². The number of nitrogens with two attached hydrogens (primary N) is 1. The van der Waals surface area contributed by atoms with Crippen LogP contribution in [0.5, 0.6) is 0 Å². The van der Waals surface area contributed by atoms with Gasteiger partial charge in [0.25, 0.3) is 0 Å². The maximum Gasteiger partial charge on any atom is 0.147 e. The minimum absolute atomic E-state index is 0.173. The Balaban J connectivity index is 2.40. The Kier molecular flexibility index (Phi) is 3.87. The lowest BCUT2D eigenvalue weighted by molar-refractivity contribution is 0.579. The summed E-state index contributed by atoms with van der Waals surface area (Å²) < 4.78 is 23.5. The van der Waals surface area contributed by atoms with E-state index in [-0.39, 0.29) is 11.8 Å². The van der Waals surface area contributed by atoms with Crippen molar-refractivity contribution in [3.8, 4) is 0 Å². The summed E-state index contributed by atoms with van der Waals surface area (Å²) in [5.74, 6) is 0.188. The highest BCUT2D eigenvalue weighted by Gasteiger charge is 2.10. The first-order valence-corrected chi connectivity index (χ1v) is 6.87. The van der Waals surface area contributed by atoms with E-state index in [4.69, 9.17) is 5.73 Å². The molecule has 0 amide bonds. The summed E-state index contributed by atoms with van der Waals surface area (Å²) in [7, 11) is -1.05. The maximum atomic E-state index is 10.9. The molecule has 5 nitrogen and oxygen atoms in total. The highest BCUT2D eigenvalue weighted by Crippen LogP contribution is 2.13. The largest absolute Gasteiger partial charge is 0.323 e. The van der Waals surface area contributed by atoms with Crippen LogP contribution in [0.3, 0.4) is 0 Å². The van der Waals surface area contributed by atoms with Gasteiger partial charge in [0.1, 0.15) is 9.84 Å². The molecular weight excluding hydrogens is 214 g/mol. The molecule has 2 N–H and O–H groups in total. The molecule has 1 aromatic heterocycles. The Morgan fingerprint density at radius 3 is 2.73 bits per heavy atom. The Labute approximate surface area is 90.2 Å². The Morgan fingerprint density at radius 2 is 2.27 bits per heavy atom. The van der Waals surface area contributed by atoms with Gasteiger partial charge in [-0.3, -0.25) is 4.68 Å². The van der Waals surface area contributed by atoms with Crippen molar-refractivity contribution < 1.29 is 8.42 Å². The normalized spacial score (nSPS) is 14.1. The number of nitrogens with zero attached hydrogens (tertiary/aromatic N) is 2. The Morgan fingerprint density at radius 1 is 1.60 bits per heavy atom. The molecule has 0 aromatic carbocycles. The lowest BCUT2D eigenvalue weighted by Gasteiger charge is -2.07. The van der Waals surface area contributed by atoms with Crippen molar-refractivity contribution in [2.75, 3.05) is 12.0 Å². The van der Waals surface area contributed by atoms with Crippen LogP contribution in [0.25, 0.3) is 0 Å². The van der Waals surface area contributed by atoms with Gasteiger partial charge < -0.3 is 5.73 Å². The fourth-order valence-electron chi connectivity index (χ4n) is 1.34. The molecule has 0 spiro atoms. The van der Waals surface area contributed by atoms with Gasteiger partial charge in [-0.2, -0.15) is 5.10 Å². The number of hydrogen-bond donors (Lipinski definition) is 1. The molecule has 0 aliphatic heterocycles. The third-order valence-electron chi connectivity index (χ3n) is 2.14. The SMILES string of the molecule is Cn1ccc(C(N)CCCS(C)(=O)=O)n1. The van der Waals surface area contributed by atoms with Crippen LogP contribution in [0.1, 0.15) is 24.6 Å². The van der Waals surface area contributed by atoms with E-state index in [1.54, 1.807) is 4.68 Å². The molecule has 1 heterocycles. The summed E-state index contributed by atoms with van der Waals surface area (Å²) in [6, 6.07) is 1.68. The predicted octanol–water partition coefficient (Wildman–Crippen LogP) is 0.245. The van der Waals surface area contributed by atoms with E-state index in [0.717, 1.165) is 5.69 Å². The molecular formula is C9H17N3O2S. The van der Waals surface area contributed by atoms with Gasteiger partial charge in [0, 0.05) is 31.3 Å². The summed E-state index contributed by atoms with van der Waals surface area (Å²) in [5.41, 5.74) is 6.68. The highest BCUT2D eigenvalue weighted by atomic mass is 32.2. The molecule has 0 aliphatic rings. The highest BCUT2D eigenvalue weighted by molar-refractivity contribution is 7.90. The molecule has 0 radical (unpaired) electrons. The summed E-state index contributed by atoms with van der Waals surface area (Å²) in [4.78, 5) is 0. The summed E-state index contributed by atoms with van der Waals surface area (Å²) in [6.45, 7) is 0. The van der Waals surface area contributed by atoms with Gasteiger partial charge in [-0.25, -0.2) is 8.42 Å². The minimum Gasteiger partial charge on any atom is -0.323 e. The zero-order valence-corrected chi connectivity index (χ0v) is 9.87. The smallest absolute Gasteiger partial charge is 0.147 e. The lowest BCUT2D eigenvalue weighted by Crippen LogP contribution is -2.13. The molecule has 0 bridgehead atoms. The van der Waals surface area contributed by atoms with Crippen LogP contribution >= 0.6 is 0 Å². The molecule has 6 heteroatoms. The van der Waals surface area contributed by atoms with Gasteiger partial charge >= 0.3 is 0 Å². The van der Waals surface area contributed by atoms with Crippen LogP contribution in [-0.4, -0.2) is 30.2 Å². The molecule has 1 unspecified atom stereocenters. The number of sulfone groups is 1. The van der Waals surface area contributed by atoms with E-state index in [0.29, 0.717) is 12.8 Å². The number of aryl methyl sites for hydroxylation is 1. The van der Waals surface area contributed by atoms with Crippen LogP contribution < -0.4 is 5.73 Å². The van der Waals surface area contributed by atoms with Crippen molar-refractivity contribution >= 4 is 9.84 Å². The molecule has 1 rings (SSSR count). The maximum absolute atomic E-state index is 10.9. The van der Waals surface area contributed by atoms with Crippen molar-refractivity contribution in [2.24, 2.45) is 12.8 Å². The van der Waals surface area contributed by atoms with E-state index < -0.39 is 9.84 Å². The van der Waals surface area contributed by atoms with Crippen molar-refractivity contribution in [3.63, 3.8) is 0 Å². The van der Waals surface area contributed by atoms with Crippen molar-refractivity contribution in [1.82, 2.24) is 9.78 Å². The first-order chi connectivity index (χ1) is 6.88.